The highest BCUT2D eigenvalue weighted by atomic mass is 16.3. The van der Waals surface area contributed by atoms with E-state index >= 15 is 0 Å². The van der Waals surface area contributed by atoms with Crippen LogP contribution in [0.3, 0.4) is 0 Å². The summed E-state index contributed by atoms with van der Waals surface area (Å²) in [7, 11) is 0. The summed E-state index contributed by atoms with van der Waals surface area (Å²) in [5.74, 6) is -0.157. The second-order valence-corrected chi connectivity index (χ2v) is 5.05. The third-order valence-electron chi connectivity index (χ3n) is 3.51. The fraction of sp³-hybridized carbons (Fsp3) is 0.375. The predicted molar refractivity (Wildman–Crippen MR) is 81.5 cm³/mol. The van der Waals surface area contributed by atoms with Gasteiger partial charge in [-0.05, 0) is 31.4 Å². The number of hydrogen-bond donors (Lipinski definition) is 2. The van der Waals surface area contributed by atoms with Crippen molar-refractivity contribution in [3.05, 3.63) is 47.8 Å². The first-order chi connectivity index (χ1) is 10.2. The first kappa shape index (κ1) is 15.3. The molecule has 21 heavy (non-hydrogen) atoms. The van der Waals surface area contributed by atoms with E-state index in [4.69, 9.17) is 5.11 Å². The zero-order valence-corrected chi connectivity index (χ0v) is 12.4. The van der Waals surface area contributed by atoms with Gasteiger partial charge in [0.15, 0.2) is 0 Å². The highest BCUT2D eigenvalue weighted by Gasteiger charge is 2.14. The quantitative estimate of drug-likeness (QED) is 0.854. The van der Waals surface area contributed by atoms with Crippen molar-refractivity contribution in [2.24, 2.45) is 0 Å². The fourth-order valence-electron chi connectivity index (χ4n) is 2.20. The average molecular weight is 287 g/mol. The van der Waals surface area contributed by atoms with Gasteiger partial charge in [-0.25, -0.2) is 4.68 Å². The van der Waals surface area contributed by atoms with Gasteiger partial charge in [-0.1, -0.05) is 25.1 Å². The van der Waals surface area contributed by atoms with Crippen LogP contribution in [-0.2, 0) is 0 Å². The topological polar surface area (TPSA) is 67.2 Å². The summed E-state index contributed by atoms with van der Waals surface area (Å²) in [4.78, 5) is 12.2. The molecule has 0 aliphatic rings. The van der Waals surface area contributed by atoms with E-state index in [1.165, 1.54) is 0 Å². The van der Waals surface area contributed by atoms with Gasteiger partial charge in [0.05, 0.1) is 17.4 Å². The summed E-state index contributed by atoms with van der Waals surface area (Å²) in [5, 5.41) is 16.1. The van der Waals surface area contributed by atoms with Gasteiger partial charge >= 0.3 is 0 Å². The average Bonchev–Trinajstić information content (AvgIpc) is 2.97. The molecule has 0 saturated heterocycles. The molecular formula is C16H21N3O2. The van der Waals surface area contributed by atoms with Crippen molar-refractivity contribution in [1.29, 1.82) is 0 Å². The molecule has 1 amide bonds. The Bertz CT molecular complexity index is 607. The number of aliphatic hydroxyl groups is 1. The monoisotopic (exact) mass is 287 g/mol. The van der Waals surface area contributed by atoms with Crippen LogP contribution in [0.15, 0.2) is 36.7 Å². The molecule has 1 heterocycles. The molecule has 0 saturated carbocycles. The lowest BCUT2D eigenvalue weighted by Gasteiger charge is -2.14. The summed E-state index contributed by atoms with van der Waals surface area (Å²) >= 11 is 0. The molecule has 5 nitrogen and oxygen atoms in total. The molecule has 1 aromatic heterocycles. The zero-order chi connectivity index (χ0) is 15.2. The Morgan fingerprint density at radius 3 is 2.86 bits per heavy atom. The van der Waals surface area contributed by atoms with E-state index < -0.39 is 0 Å². The second kappa shape index (κ2) is 7.04. The highest BCUT2D eigenvalue weighted by Crippen LogP contribution is 2.13. The lowest BCUT2D eigenvalue weighted by atomic mass is 10.1. The molecule has 0 radical (unpaired) electrons. The van der Waals surface area contributed by atoms with Crippen LogP contribution in [0.5, 0.6) is 0 Å². The van der Waals surface area contributed by atoms with E-state index in [9.17, 15) is 4.79 Å². The van der Waals surface area contributed by atoms with Gasteiger partial charge in [0.1, 0.15) is 0 Å². The number of aliphatic hydroxyl groups excluding tert-OH is 1. The van der Waals surface area contributed by atoms with E-state index in [1.807, 2.05) is 38.1 Å². The molecule has 112 valence electrons. The lowest BCUT2D eigenvalue weighted by molar-refractivity contribution is 0.0929. The summed E-state index contributed by atoms with van der Waals surface area (Å²) < 4.78 is 1.71. The first-order valence-electron chi connectivity index (χ1n) is 7.18. The van der Waals surface area contributed by atoms with Crippen LogP contribution in [0.2, 0.25) is 0 Å². The molecule has 2 N–H and O–H groups in total. The van der Waals surface area contributed by atoms with E-state index in [1.54, 1.807) is 17.1 Å². The molecule has 0 bridgehead atoms. The largest absolute Gasteiger partial charge is 0.396 e. The SMILES string of the molecule is CCC(CCO)NC(=O)c1cnn(-c2ccccc2C)c1. The van der Waals surface area contributed by atoms with Gasteiger partial charge in [-0.15, -0.1) is 0 Å². The van der Waals surface area contributed by atoms with Crippen LogP contribution in [0, 0.1) is 6.92 Å². The Hall–Kier alpha value is -2.14. The van der Waals surface area contributed by atoms with Crippen molar-refractivity contribution in [1.82, 2.24) is 15.1 Å². The molecule has 2 aromatic rings. The number of carbonyl (C=O) groups is 1. The summed E-state index contributed by atoms with van der Waals surface area (Å²) in [6.07, 6.45) is 4.64. The zero-order valence-electron chi connectivity index (χ0n) is 12.4. The van der Waals surface area contributed by atoms with E-state index in [2.05, 4.69) is 10.4 Å². The van der Waals surface area contributed by atoms with Crippen LogP contribution < -0.4 is 5.32 Å². The minimum absolute atomic E-state index is 0.00990. The van der Waals surface area contributed by atoms with E-state index in [0.717, 1.165) is 17.7 Å². The van der Waals surface area contributed by atoms with Gasteiger partial charge in [0.25, 0.3) is 5.91 Å². The maximum Gasteiger partial charge on any atom is 0.254 e. The maximum atomic E-state index is 12.2. The highest BCUT2D eigenvalue weighted by molar-refractivity contribution is 5.94. The van der Waals surface area contributed by atoms with Crippen molar-refractivity contribution in [3.63, 3.8) is 0 Å². The Labute approximate surface area is 124 Å². The van der Waals surface area contributed by atoms with Crippen LogP contribution in [0.4, 0.5) is 0 Å². The lowest BCUT2D eigenvalue weighted by Crippen LogP contribution is -2.34. The Kier molecular flexibility index (Phi) is 5.11. The number of carbonyl (C=O) groups excluding carboxylic acids is 1. The van der Waals surface area contributed by atoms with Crippen LogP contribution >= 0.6 is 0 Å². The Morgan fingerprint density at radius 1 is 1.43 bits per heavy atom. The first-order valence-corrected chi connectivity index (χ1v) is 7.18. The third-order valence-corrected chi connectivity index (χ3v) is 3.51. The minimum Gasteiger partial charge on any atom is -0.396 e. The van der Waals surface area contributed by atoms with Gasteiger partial charge in [-0.2, -0.15) is 5.10 Å². The molecule has 0 aliphatic heterocycles. The number of nitrogens with one attached hydrogen (secondary N) is 1. The molecule has 1 unspecified atom stereocenters. The van der Waals surface area contributed by atoms with Gasteiger partial charge in [-0.3, -0.25) is 4.79 Å². The molecule has 1 atom stereocenters. The number of aromatic nitrogens is 2. The molecule has 0 fully saturated rings. The predicted octanol–water partition coefficient (Wildman–Crippen LogP) is 2.07. The number of benzene rings is 1. The molecular weight excluding hydrogens is 266 g/mol. The van der Waals surface area contributed by atoms with Gasteiger partial charge in [0, 0.05) is 18.8 Å². The van der Waals surface area contributed by atoms with Crippen molar-refractivity contribution in [3.8, 4) is 5.69 Å². The normalized spacial score (nSPS) is 12.1. The summed E-state index contributed by atoms with van der Waals surface area (Å²) in [6, 6.07) is 7.87. The van der Waals surface area contributed by atoms with Crippen molar-refractivity contribution in [2.45, 2.75) is 32.7 Å². The van der Waals surface area contributed by atoms with E-state index in [0.29, 0.717) is 12.0 Å². The molecule has 5 heteroatoms. The third kappa shape index (κ3) is 3.70. The number of para-hydroxylation sites is 1. The van der Waals surface area contributed by atoms with Crippen LogP contribution in [0.25, 0.3) is 5.69 Å². The number of nitrogens with zero attached hydrogens (tertiary/aromatic N) is 2. The maximum absolute atomic E-state index is 12.2. The summed E-state index contributed by atoms with van der Waals surface area (Å²) in [6.45, 7) is 4.06. The van der Waals surface area contributed by atoms with Gasteiger partial charge < -0.3 is 10.4 Å². The Morgan fingerprint density at radius 2 is 2.19 bits per heavy atom. The molecule has 2 rings (SSSR count). The Balaban J connectivity index is 2.13. The second-order valence-electron chi connectivity index (χ2n) is 5.05. The van der Waals surface area contributed by atoms with Crippen LogP contribution in [-0.4, -0.2) is 33.4 Å². The summed E-state index contributed by atoms with van der Waals surface area (Å²) in [5.41, 5.74) is 2.58. The van der Waals surface area contributed by atoms with Crippen molar-refractivity contribution < 1.29 is 9.90 Å². The van der Waals surface area contributed by atoms with Crippen LogP contribution in [0.1, 0.15) is 35.7 Å². The number of amides is 1. The number of aryl methyl sites for hydroxylation is 1. The van der Waals surface area contributed by atoms with Gasteiger partial charge in [0.2, 0.25) is 0 Å². The number of hydrogen-bond acceptors (Lipinski definition) is 3. The fourth-order valence-corrected chi connectivity index (χ4v) is 2.20. The standard InChI is InChI=1S/C16H21N3O2/c1-3-14(8-9-20)18-16(21)13-10-17-19(11-13)15-7-5-4-6-12(15)2/h4-7,10-11,14,20H,3,8-9H2,1-2H3,(H,18,21). The van der Waals surface area contributed by atoms with Crippen molar-refractivity contribution >= 4 is 5.91 Å². The number of rotatable bonds is 6. The molecule has 1 aromatic carbocycles. The van der Waals surface area contributed by atoms with Crippen molar-refractivity contribution in [2.75, 3.05) is 6.61 Å². The molecule has 0 aliphatic carbocycles. The van der Waals surface area contributed by atoms with E-state index in [-0.39, 0.29) is 18.6 Å². The molecule has 0 spiro atoms. The minimum atomic E-state index is -0.157. The smallest absolute Gasteiger partial charge is 0.254 e.